The Morgan fingerprint density at radius 3 is 2.50 bits per heavy atom. The summed E-state index contributed by atoms with van der Waals surface area (Å²) in [6, 6.07) is 15.9. The number of benzene rings is 2. The van der Waals surface area contributed by atoms with Crippen LogP contribution in [0.3, 0.4) is 0 Å². The van der Waals surface area contributed by atoms with E-state index in [1.54, 1.807) is 55.6 Å². The van der Waals surface area contributed by atoms with Crippen LogP contribution in [-0.2, 0) is 20.5 Å². The van der Waals surface area contributed by atoms with Crippen LogP contribution in [0, 0.1) is 0 Å². The number of rotatable bonds is 7. The molecule has 2 aromatic carbocycles. The number of nitrogens with one attached hydrogen (secondary N) is 1. The van der Waals surface area contributed by atoms with Gasteiger partial charge in [-0.15, -0.1) is 0 Å². The molecule has 7 nitrogen and oxygen atoms in total. The lowest BCUT2D eigenvalue weighted by Crippen LogP contribution is -2.35. The molecule has 1 N–H and O–H groups in total. The molecule has 1 aliphatic rings. The van der Waals surface area contributed by atoms with E-state index in [9.17, 15) is 13.2 Å². The quantitative estimate of drug-likeness (QED) is 0.800. The van der Waals surface area contributed by atoms with Crippen LogP contribution in [-0.4, -0.2) is 40.8 Å². The van der Waals surface area contributed by atoms with E-state index in [0.717, 1.165) is 0 Å². The molecule has 0 bridgehead atoms. The van der Waals surface area contributed by atoms with Crippen molar-refractivity contribution in [3.63, 3.8) is 0 Å². The van der Waals surface area contributed by atoms with E-state index >= 15 is 0 Å². The Balaban J connectivity index is 1.57. The lowest BCUT2D eigenvalue weighted by molar-refractivity contribution is 0.143. The number of sulfonamides is 1. The van der Waals surface area contributed by atoms with E-state index in [4.69, 9.17) is 9.47 Å². The van der Waals surface area contributed by atoms with Crippen molar-refractivity contribution in [2.24, 2.45) is 0 Å². The van der Waals surface area contributed by atoms with Crippen LogP contribution in [0.25, 0.3) is 0 Å². The Bertz CT molecular complexity index is 853. The van der Waals surface area contributed by atoms with Gasteiger partial charge in [-0.25, -0.2) is 17.9 Å². The molecule has 0 aliphatic carbocycles. The smallest absolute Gasteiger partial charge is 0.414 e. The minimum Gasteiger partial charge on any atom is -0.497 e. The summed E-state index contributed by atoms with van der Waals surface area (Å²) in [7, 11) is -1.94. The first-order valence-electron chi connectivity index (χ1n) is 8.10. The molecule has 1 fully saturated rings. The van der Waals surface area contributed by atoms with Gasteiger partial charge in [0.2, 0.25) is 10.0 Å². The minimum absolute atomic E-state index is 0.0353. The van der Waals surface area contributed by atoms with Crippen molar-refractivity contribution >= 4 is 21.8 Å². The highest BCUT2D eigenvalue weighted by Crippen LogP contribution is 2.24. The maximum atomic E-state index is 12.2. The van der Waals surface area contributed by atoms with Crippen molar-refractivity contribution in [2.75, 3.05) is 25.1 Å². The third kappa shape index (κ3) is 4.53. The number of amides is 1. The summed E-state index contributed by atoms with van der Waals surface area (Å²) >= 11 is 0. The first-order valence-corrected chi connectivity index (χ1v) is 9.75. The molecule has 1 aliphatic heterocycles. The van der Waals surface area contributed by atoms with Crippen LogP contribution in [0.1, 0.15) is 5.56 Å². The van der Waals surface area contributed by atoms with Gasteiger partial charge in [-0.05, 0) is 29.8 Å². The van der Waals surface area contributed by atoms with Crippen LogP contribution >= 0.6 is 0 Å². The topological polar surface area (TPSA) is 84.9 Å². The highest BCUT2D eigenvalue weighted by atomic mass is 32.2. The first kappa shape index (κ1) is 18.2. The Morgan fingerprint density at radius 1 is 1.15 bits per heavy atom. The average molecular weight is 376 g/mol. The summed E-state index contributed by atoms with van der Waals surface area (Å²) < 4.78 is 37.2. The molecule has 2 aromatic rings. The van der Waals surface area contributed by atoms with Gasteiger partial charge in [-0.3, -0.25) is 4.90 Å². The zero-order valence-electron chi connectivity index (χ0n) is 14.3. The van der Waals surface area contributed by atoms with Crippen LogP contribution in [0.2, 0.25) is 0 Å². The van der Waals surface area contributed by atoms with Gasteiger partial charge >= 0.3 is 6.09 Å². The van der Waals surface area contributed by atoms with E-state index in [1.165, 1.54) is 4.90 Å². The molecule has 1 atom stereocenters. The molecule has 0 saturated carbocycles. The van der Waals surface area contributed by atoms with Crippen LogP contribution in [0.5, 0.6) is 5.75 Å². The van der Waals surface area contributed by atoms with Crippen molar-refractivity contribution in [1.82, 2.24) is 4.72 Å². The second-order valence-electron chi connectivity index (χ2n) is 5.91. The van der Waals surface area contributed by atoms with E-state index in [1.807, 2.05) is 6.07 Å². The zero-order valence-corrected chi connectivity index (χ0v) is 15.1. The summed E-state index contributed by atoms with van der Waals surface area (Å²) in [4.78, 5) is 13.5. The molecule has 1 unspecified atom stereocenters. The summed E-state index contributed by atoms with van der Waals surface area (Å²) in [6.07, 6.45) is -1.04. The van der Waals surface area contributed by atoms with Crippen molar-refractivity contribution in [3.8, 4) is 5.75 Å². The third-order valence-electron chi connectivity index (χ3n) is 3.99. The molecule has 26 heavy (non-hydrogen) atoms. The molecular weight excluding hydrogens is 356 g/mol. The number of carbonyl (C=O) groups excluding carboxylic acids is 1. The number of ether oxygens (including phenoxy) is 2. The number of anilines is 1. The van der Waals surface area contributed by atoms with Crippen molar-refractivity contribution in [1.29, 1.82) is 0 Å². The van der Waals surface area contributed by atoms with E-state index in [-0.39, 0.29) is 18.8 Å². The van der Waals surface area contributed by atoms with E-state index in [2.05, 4.69) is 4.72 Å². The SMILES string of the molecule is COc1ccc(N2CC(CNS(=O)(=O)Cc3ccccc3)OC2=O)cc1. The van der Waals surface area contributed by atoms with Gasteiger partial charge in [-0.1, -0.05) is 30.3 Å². The number of hydrogen-bond acceptors (Lipinski definition) is 5. The fraction of sp³-hybridized carbons (Fsp3) is 0.278. The predicted molar refractivity (Wildman–Crippen MR) is 97.7 cm³/mol. The highest BCUT2D eigenvalue weighted by Gasteiger charge is 2.33. The van der Waals surface area contributed by atoms with Gasteiger partial charge in [0, 0.05) is 12.2 Å². The molecule has 138 valence electrons. The molecule has 3 rings (SSSR count). The monoisotopic (exact) mass is 376 g/mol. The molecule has 1 saturated heterocycles. The Morgan fingerprint density at radius 2 is 1.85 bits per heavy atom. The van der Waals surface area contributed by atoms with Crippen molar-refractivity contribution in [2.45, 2.75) is 11.9 Å². The second-order valence-corrected chi connectivity index (χ2v) is 7.71. The van der Waals surface area contributed by atoms with E-state index in [0.29, 0.717) is 17.0 Å². The molecule has 0 aromatic heterocycles. The van der Waals surface area contributed by atoms with Gasteiger partial charge in [0.1, 0.15) is 11.9 Å². The number of hydrogen-bond donors (Lipinski definition) is 1. The maximum Gasteiger partial charge on any atom is 0.414 e. The maximum absolute atomic E-state index is 12.2. The summed E-state index contributed by atoms with van der Waals surface area (Å²) in [5, 5.41) is 0. The number of carbonyl (C=O) groups is 1. The van der Waals surface area contributed by atoms with Crippen molar-refractivity contribution < 1.29 is 22.7 Å². The minimum atomic E-state index is -3.51. The molecule has 1 heterocycles. The summed E-state index contributed by atoms with van der Waals surface area (Å²) in [6.45, 7) is 0.312. The average Bonchev–Trinajstić information content (AvgIpc) is 3.01. The van der Waals surface area contributed by atoms with Gasteiger partial charge < -0.3 is 9.47 Å². The fourth-order valence-electron chi connectivity index (χ4n) is 2.67. The first-order chi connectivity index (χ1) is 12.5. The third-order valence-corrected chi connectivity index (χ3v) is 5.31. The zero-order chi connectivity index (χ0) is 18.6. The Hall–Kier alpha value is -2.58. The van der Waals surface area contributed by atoms with Gasteiger partial charge in [0.25, 0.3) is 0 Å². The molecule has 1 amide bonds. The lowest BCUT2D eigenvalue weighted by Gasteiger charge is -2.13. The summed E-state index contributed by atoms with van der Waals surface area (Å²) in [5.74, 6) is 0.572. The number of nitrogens with zero attached hydrogens (tertiary/aromatic N) is 1. The van der Waals surface area contributed by atoms with Gasteiger partial charge in [0.15, 0.2) is 0 Å². The molecular formula is C18H20N2O5S. The van der Waals surface area contributed by atoms with Crippen molar-refractivity contribution in [3.05, 3.63) is 60.2 Å². The fourth-order valence-corrected chi connectivity index (χ4v) is 3.84. The Labute approximate surface area is 152 Å². The second kappa shape index (κ2) is 7.76. The van der Waals surface area contributed by atoms with Crippen LogP contribution in [0.15, 0.2) is 54.6 Å². The highest BCUT2D eigenvalue weighted by molar-refractivity contribution is 7.88. The molecule has 0 spiro atoms. The number of methoxy groups -OCH3 is 1. The van der Waals surface area contributed by atoms with Crippen LogP contribution in [0.4, 0.5) is 10.5 Å². The number of cyclic esters (lactones) is 1. The molecule has 0 radical (unpaired) electrons. The van der Waals surface area contributed by atoms with E-state index < -0.39 is 22.2 Å². The largest absolute Gasteiger partial charge is 0.497 e. The lowest BCUT2D eigenvalue weighted by atomic mass is 10.2. The molecule has 8 heteroatoms. The van der Waals surface area contributed by atoms with Gasteiger partial charge in [-0.2, -0.15) is 0 Å². The predicted octanol–water partition coefficient (Wildman–Crippen LogP) is 2.14. The normalized spacial score (nSPS) is 17.2. The summed E-state index contributed by atoms with van der Waals surface area (Å²) in [5.41, 5.74) is 1.37. The van der Waals surface area contributed by atoms with Crippen LogP contribution < -0.4 is 14.4 Å². The standard InChI is InChI=1S/C18H20N2O5S/c1-24-16-9-7-15(8-10-16)20-12-17(25-18(20)21)11-19-26(22,23)13-14-5-3-2-4-6-14/h2-10,17,19H,11-13H2,1H3. The van der Waals surface area contributed by atoms with Gasteiger partial charge in [0.05, 0.1) is 19.4 Å². The Kier molecular flexibility index (Phi) is 5.43.